The predicted octanol–water partition coefficient (Wildman–Crippen LogP) is 4.19. The molecular formula is C22H31N3O2. The number of anilines is 1. The first kappa shape index (κ1) is 21.0. The highest BCUT2D eigenvalue weighted by Crippen LogP contribution is 2.30. The van der Waals surface area contributed by atoms with Crippen molar-refractivity contribution in [1.82, 2.24) is 5.32 Å². The van der Waals surface area contributed by atoms with Gasteiger partial charge in [-0.2, -0.15) is 5.26 Å². The Kier molecular flexibility index (Phi) is 8.83. The van der Waals surface area contributed by atoms with E-state index in [0.29, 0.717) is 12.5 Å². The third-order valence-corrected chi connectivity index (χ3v) is 5.32. The second-order valence-electron chi connectivity index (χ2n) is 7.30. The van der Waals surface area contributed by atoms with E-state index < -0.39 is 0 Å². The minimum Gasteiger partial charge on any atom is -0.353 e. The second-order valence-corrected chi connectivity index (χ2v) is 7.30. The minimum atomic E-state index is -0.111. The van der Waals surface area contributed by atoms with Crippen LogP contribution in [-0.2, 0) is 9.59 Å². The van der Waals surface area contributed by atoms with Gasteiger partial charge in [-0.15, -0.1) is 0 Å². The Morgan fingerprint density at radius 1 is 1.22 bits per heavy atom. The number of nitriles is 1. The van der Waals surface area contributed by atoms with Crippen molar-refractivity contribution in [2.24, 2.45) is 5.92 Å². The zero-order chi connectivity index (χ0) is 19.5. The van der Waals surface area contributed by atoms with Crippen LogP contribution >= 0.6 is 0 Å². The average Bonchev–Trinajstić information content (AvgIpc) is 3.12. The van der Waals surface area contributed by atoms with E-state index in [9.17, 15) is 9.59 Å². The maximum Gasteiger partial charge on any atom is 0.227 e. The van der Waals surface area contributed by atoms with Crippen LogP contribution in [0.25, 0.3) is 0 Å². The third kappa shape index (κ3) is 6.71. The van der Waals surface area contributed by atoms with E-state index in [1.54, 1.807) is 4.90 Å². The number of nitrogens with zero attached hydrogens (tertiary/aromatic N) is 2. The SMILES string of the molecule is CCCCC1CCCC1NC(=O)CCC(=O)N(CCC#N)c1ccccc1. The molecule has 0 spiro atoms. The molecule has 5 heteroatoms. The lowest BCUT2D eigenvalue weighted by atomic mass is 9.96. The molecule has 5 nitrogen and oxygen atoms in total. The van der Waals surface area contributed by atoms with Crippen LogP contribution < -0.4 is 10.2 Å². The monoisotopic (exact) mass is 369 g/mol. The Bertz CT molecular complexity index is 639. The molecule has 1 aliphatic carbocycles. The summed E-state index contributed by atoms with van der Waals surface area (Å²) < 4.78 is 0. The number of rotatable bonds is 10. The smallest absolute Gasteiger partial charge is 0.227 e. The normalized spacial score (nSPS) is 18.7. The lowest BCUT2D eigenvalue weighted by Crippen LogP contribution is -2.38. The van der Waals surface area contributed by atoms with Gasteiger partial charge in [-0.05, 0) is 37.3 Å². The fourth-order valence-electron chi connectivity index (χ4n) is 3.84. The molecule has 27 heavy (non-hydrogen) atoms. The average molecular weight is 370 g/mol. The van der Waals surface area contributed by atoms with Gasteiger partial charge in [0.25, 0.3) is 0 Å². The van der Waals surface area contributed by atoms with Crippen molar-refractivity contribution in [3.05, 3.63) is 30.3 Å². The molecule has 1 aliphatic rings. The van der Waals surface area contributed by atoms with Crippen LogP contribution in [0.15, 0.2) is 30.3 Å². The van der Waals surface area contributed by atoms with Gasteiger partial charge in [0.1, 0.15) is 0 Å². The van der Waals surface area contributed by atoms with Gasteiger partial charge in [0.2, 0.25) is 11.8 Å². The van der Waals surface area contributed by atoms with E-state index in [4.69, 9.17) is 5.26 Å². The molecule has 1 fully saturated rings. The number of carbonyl (C=O) groups excluding carboxylic acids is 2. The predicted molar refractivity (Wildman–Crippen MR) is 107 cm³/mol. The molecule has 0 radical (unpaired) electrons. The van der Waals surface area contributed by atoms with Crippen molar-refractivity contribution < 1.29 is 9.59 Å². The number of carbonyl (C=O) groups is 2. The van der Waals surface area contributed by atoms with Gasteiger partial charge in [0.15, 0.2) is 0 Å². The second kappa shape index (κ2) is 11.4. The zero-order valence-electron chi connectivity index (χ0n) is 16.3. The van der Waals surface area contributed by atoms with Crippen molar-refractivity contribution in [1.29, 1.82) is 5.26 Å². The molecule has 1 N–H and O–H groups in total. The Labute approximate surface area is 162 Å². The first-order valence-corrected chi connectivity index (χ1v) is 10.2. The van der Waals surface area contributed by atoms with Gasteiger partial charge in [0.05, 0.1) is 12.5 Å². The molecule has 0 saturated heterocycles. The van der Waals surface area contributed by atoms with Crippen molar-refractivity contribution in [2.75, 3.05) is 11.4 Å². The molecule has 1 saturated carbocycles. The van der Waals surface area contributed by atoms with E-state index in [-0.39, 0.29) is 37.1 Å². The molecule has 0 aliphatic heterocycles. The molecule has 146 valence electrons. The highest BCUT2D eigenvalue weighted by atomic mass is 16.2. The Morgan fingerprint density at radius 3 is 2.70 bits per heavy atom. The van der Waals surface area contributed by atoms with Gasteiger partial charge in [-0.1, -0.05) is 44.4 Å². The molecule has 2 amide bonds. The van der Waals surface area contributed by atoms with E-state index >= 15 is 0 Å². The number of nitrogens with one attached hydrogen (secondary N) is 1. The van der Waals surface area contributed by atoms with Crippen LogP contribution in [0.3, 0.4) is 0 Å². The molecule has 1 aromatic rings. The van der Waals surface area contributed by atoms with Gasteiger partial charge < -0.3 is 10.2 Å². The van der Waals surface area contributed by atoms with Crippen molar-refractivity contribution in [3.8, 4) is 6.07 Å². The molecule has 2 rings (SSSR count). The Hall–Kier alpha value is -2.35. The summed E-state index contributed by atoms with van der Waals surface area (Å²) in [6, 6.07) is 11.7. The minimum absolute atomic E-state index is 0.0370. The van der Waals surface area contributed by atoms with E-state index in [1.807, 2.05) is 30.3 Å². The van der Waals surface area contributed by atoms with Crippen LogP contribution in [0.5, 0.6) is 0 Å². The highest BCUT2D eigenvalue weighted by molar-refractivity contribution is 5.95. The van der Waals surface area contributed by atoms with Crippen LogP contribution in [-0.4, -0.2) is 24.4 Å². The lowest BCUT2D eigenvalue weighted by molar-refractivity contribution is -0.125. The number of benzene rings is 1. The summed E-state index contributed by atoms with van der Waals surface area (Å²) in [6.07, 6.45) is 7.62. The van der Waals surface area contributed by atoms with Gasteiger partial charge in [-0.3, -0.25) is 9.59 Å². The summed E-state index contributed by atoms with van der Waals surface area (Å²) in [7, 11) is 0. The topological polar surface area (TPSA) is 73.2 Å². The van der Waals surface area contributed by atoms with E-state index in [2.05, 4.69) is 18.3 Å². The van der Waals surface area contributed by atoms with Crippen LogP contribution in [0, 0.1) is 17.2 Å². The maximum absolute atomic E-state index is 12.6. The van der Waals surface area contributed by atoms with Crippen molar-refractivity contribution in [3.63, 3.8) is 0 Å². The number of hydrogen-bond donors (Lipinski definition) is 1. The molecule has 2 atom stereocenters. The summed E-state index contributed by atoms with van der Waals surface area (Å²) in [5.41, 5.74) is 0.772. The van der Waals surface area contributed by atoms with E-state index in [1.165, 1.54) is 32.1 Å². The first-order chi connectivity index (χ1) is 13.2. The summed E-state index contributed by atoms with van der Waals surface area (Å²) in [5.74, 6) is 0.437. The standard InChI is InChI=1S/C22H31N3O2/c1-2-3-9-18-10-7-13-20(18)24-21(26)14-15-22(27)25(17-8-16-23)19-11-5-4-6-12-19/h4-6,11-12,18,20H,2-3,7-10,13-15,17H2,1H3,(H,24,26). The highest BCUT2D eigenvalue weighted by Gasteiger charge is 2.28. The fraction of sp³-hybridized carbons (Fsp3) is 0.591. The fourth-order valence-corrected chi connectivity index (χ4v) is 3.84. The van der Waals surface area contributed by atoms with Crippen LogP contribution in [0.1, 0.15) is 64.7 Å². The lowest BCUT2D eigenvalue weighted by Gasteiger charge is -2.23. The number of para-hydroxylation sites is 1. The molecule has 1 aromatic carbocycles. The van der Waals surface area contributed by atoms with Crippen LogP contribution in [0.4, 0.5) is 5.69 Å². The number of hydrogen-bond acceptors (Lipinski definition) is 3. The largest absolute Gasteiger partial charge is 0.353 e. The van der Waals surface area contributed by atoms with Gasteiger partial charge in [-0.25, -0.2) is 0 Å². The van der Waals surface area contributed by atoms with Crippen LogP contribution in [0.2, 0.25) is 0 Å². The Balaban J connectivity index is 1.85. The zero-order valence-corrected chi connectivity index (χ0v) is 16.3. The molecular weight excluding hydrogens is 338 g/mol. The summed E-state index contributed by atoms with van der Waals surface area (Å²) in [5, 5.41) is 12.0. The number of unbranched alkanes of at least 4 members (excludes halogenated alkanes) is 1. The maximum atomic E-state index is 12.6. The summed E-state index contributed by atoms with van der Waals surface area (Å²) in [4.78, 5) is 26.6. The summed E-state index contributed by atoms with van der Waals surface area (Å²) in [6.45, 7) is 2.54. The molecule has 0 bridgehead atoms. The summed E-state index contributed by atoms with van der Waals surface area (Å²) >= 11 is 0. The van der Waals surface area contributed by atoms with Crippen molar-refractivity contribution in [2.45, 2.75) is 70.8 Å². The number of amides is 2. The van der Waals surface area contributed by atoms with Crippen molar-refractivity contribution >= 4 is 17.5 Å². The quantitative estimate of drug-likeness (QED) is 0.672. The van der Waals surface area contributed by atoms with Gasteiger partial charge >= 0.3 is 0 Å². The molecule has 2 unspecified atom stereocenters. The third-order valence-electron chi connectivity index (χ3n) is 5.32. The Morgan fingerprint density at radius 2 is 2.00 bits per heavy atom. The molecule has 0 heterocycles. The first-order valence-electron chi connectivity index (χ1n) is 10.2. The van der Waals surface area contributed by atoms with E-state index in [0.717, 1.165) is 12.1 Å². The molecule has 0 aromatic heterocycles. The van der Waals surface area contributed by atoms with Gasteiger partial charge in [0, 0.05) is 31.1 Å².